The van der Waals surface area contributed by atoms with Crippen molar-refractivity contribution < 1.29 is 18.1 Å². The molecule has 1 saturated heterocycles. The quantitative estimate of drug-likeness (QED) is 0.505. The first kappa shape index (κ1) is 15.7. The minimum absolute atomic E-state index is 0.151. The van der Waals surface area contributed by atoms with Crippen LogP contribution in [0.1, 0.15) is 13.8 Å². The van der Waals surface area contributed by atoms with Crippen LogP contribution in [0.25, 0.3) is 0 Å². The number of benzene rings is 1. The van der Waals surface area contributed by atoms with Crippen LogP contribution >= 0.6 is 0 Å². The summed E-state index contributed by atoms with van der Waals surface area (Å²) in [5.41, 5.74) is 5.26. The fraction of sp³-hybridized carbons (Fsp3) is 0.500. The van der Waals surface area contributed by atoms with E-state index in [0.717, 1.165) is 12.1 Å². The second-order valence-corrected chi connectivity index (χ2v) is 6.97. The lowest BCUT2D eigenvalue weighted by molar-refractivity contribution is -0.387. The monoisotopic (exact) mass is 315 g/mol. The van der Waals surface area contributed by atoms with Gasteiger partial charge in [0.05, 0.1) is 17.1 Å². The van der Waals surface area contributed by atoms with E-state index in [1.807, 2.05) is 0 Å². The van der Waals surface area contributed by atoms with Crippen molar-refractivity contribution in [3.8, 4) is 0 Å². The fourth-order valence-corrected chi connectivity index (χ4v) is 4.14. The van der Waals surface area contributed by atoms with Crippen LogP contribution in [-0.2, 0) is 14.8 Å². The molecule has 0 radical (unpaired) electrons. The van der Waals surface area contributed by atoms with Crippen molar-refractivity contribution in [2.45, 2.75) is 31.0 Å². The van der Waals surface area contributed by atoms with Crippen molar-refractivity contribution in [2.24, 2.45) is 0 Å². The van der Waals surface area contributed by atoms with E-state index in [-0.39, 0.29) is 35.9 Å². The summed E-state index contributed by atoms with van der Waals surface area (Å²) >= 11 is 0. The van der Waals surface area contributed by atoms with Gasteiger partial charge in [-0.15, -0.1) is 0 Å². The molecule has 2 N–H and O–H groups in total. The second-order valence-electron chi connectivity index (χ2n) is 5.06. The van der Waals surface area contributed by atoms with Crippen LogP contribution in [0.2, 0.25) is 0 Å². The van der Waals surface area contributed by atoms with E-state index in [2.05, 4.69) is 0 Å². The molecular weight excluding hydrogens is 298 g/mol. The average Bonchev–Trinajstić information content (AvgIpc) is 2.37. The lowest BCUT2D eigenvalue weighted by atomic mass is 10.3. The molecule has 2 rings (SSSR count). The molecule has 0 aliphatic carbocycles. The van der Waals surface area contributed by atoms with Gasteiger partial charge in [0.25, 0.3) is 5.69 Å². The molecule has 1 fully saturated rings. The third-order valence-electron chi connectivity index (χ3n) is 3.18. The van der Waals surface area contributed by atoms with E-state index in [1.165, 1.54) is 10.4 Å². The van der Waals surface area contributed by atoms with E-state index in [9.17, 15) is 18.5 Å². The molecule has 116 valence electrons. The first-order valence-electron chi connectivity index (χ1n) is 6.41. The zero-order chi connectivity index (χ0) is 15.8. The maximum Gasteiger partial charge on any atom is 0.289 e. The highest BCUT2D eigenvalue weighted by Gasteiger charge is 2.36. The summed E-state index contributed by atoms with van der Waals surface area (Å²) in [6.45, 7) is 3.81. The van der Waals surface area contributed by atoms with Crippen LogP contribution in [0, 0.1) is 10.1 Å². The number of anilines is 1. The molecule has 1 aliphatic rings. The van der Waals surface area contributed by atoms with Gasteiger partial charge in [-0.1, -0.05) is 0 Å². The largest absolute Gasteiger partial charge is 0.399 e. The molecule has 1 aromatic rings. The van der Waals surface area contributed by atoms with E-state index >= 15 is 0 Å². The molecule has 0 spiro atoms. The van der Waals surface area contributed by atoms with Crippen LogP contribution in [0.3, 0.4) is 0 Å². The van der Waals surface area contributed by atoms with Crippen molar-refractivity contribution in [1.29, 1.82) is 0 Å². The lowest BCUT2D eigenvalue weighted by Crippen LogP contribution is -2.48. The Kier molecular flexibility index (Phi) is 4.17. The predicted molar refractivity (Wildman–Crippen MR) is 76.3 cm³/mol. The topological polar surface area (TPSA) is 116 Å². The Hall–Kier alpha value is -1.71. The minimum atomic E-state index is -3.99. The Balaban J connectivity index is 2.49. The van der Waals surface area contributed by atoms with E-state index in [0.29, 0.717) is 0 Å². The van der Waals surface area contributed by atoms with Gasteiger partial charge in [-0.3, -0.25) is 10.1 Å². The van der Waals surface area contributed by atoms with Crippen LogP contribution in [-0.4, -0.2) is 42.9 Å². The van der Waals surface area contributed by atoms with Crippen molar-refractivity contribution >= 4 is 21.4 Å². The highest BCUT2D eigenvalue weighted by atomic mass is 32.2. The molecule has 0 bridgehead atoms. The smallest absolute Gasteiger partial charge is 0.289 e. The summed E-state index contributed by atoms with van der Waals surface area (Å²) < 4.78 is 32.0. The van der Waals surface area contributed by atoms with Crippen molar-refractivity contribution in [3.05, 3.63) is 28.3 Å². The van der Waals surface area contributed by atoms with E-state index < -0.39 is 20.6 Å². The van der Waals surface area contributed by atoms with E-state index in [1.54, 1.807) is 13.8 Å². The van der Waals surface area contributed by atoms with Gasteiger partial charge in [0.1, 0.15) is 0 Å². The van der Waals surface area contributed by atoms with Crippen LogP contribution < -0.4 is 5.73 Å². The standard InChI is InChI=1S/C12H17N3O5S/c1-8-6-14(7-9(2)20-8)21(18,19)12-5-10(13)3-4-11(12)15(16)17/h3-5,8-9H,6-7,13H2,1-2H3/t8-,9+. The summed E-state index contributed by atoms with van der Waals surface area (Å²) in [5, 5.41) is 11.0. The van der Waals surface area contributed by atoms with Crippen LogP contribution in [0.5, 0.6) is 0 Å². The highest BCUT2D eigenvalue weighted by Crippen LogP contribution is 2.30. The second kappa shape index (κ2) is 5.58. The summed E-state index contributed by atoms with van der Waals surface area (Å²) in [7, 11) is -3.99. The molecule has 0 unspecified atom stereocenters. The third-order valence-corrected chi connectivity index (χ3v) is 5.05. The molecule has 0 saturated carbocycles. The molecule has 1 aliphatic heterocycles. The molecule has 21 heavy (non-hydrogen) atoms. The number of sulfonamides is 1. The third kappa shape index (κ3) is 3.14. The lowest BCUT2D eigenvalue weighted by Gasteiger charge is -2.34. The molecule has 8 nitrogen and oxygen atoms in total. The van der Waals surface area contributed by atoms with Crippen molar-refractivity contribution in [3.63, 3.8) is 0 Å². The zero-order valence-corrected chi connectivity index (χ0v) is 12.5. The number of nitro benzene ring substituents is 1. The Morgan fingerprint density at radius 2 is 1.90 bits per heavy atom. The van der Waals surface area contributed by atoms with Crippen LogP contribution in [0.15, 0.2) is 23.1 Å². The predicted octanol–water partition coefficient (Wildman–Crippen LogP) is 0.975. The number of rotatable bonds is 3. The number of morpholine rings is 1. The average molecular weight is 315 g/mol. The molecule has 1 heterocycles. The SMILES string of the molecule is C[C@@H]1CN(S(=O)(=O)c2cc(N)ccc2[N+](=O)[O-])C[C@H](C)O1. The van der Waals surface area contributed by atoms with Gasteiger partial charge in [0.15, 0.2) is 4.90 Å². The summed E-state index contributed by atoms with van der Waals surface area (Å²) in [6.07, 6.45) is -0.549. The normalized spacial score (nSPS) is 23.9. The highest BCUT2D eigenvalue weighted by molar-refractivity contribution is 7.89. The molecule has 0 aromatic heterocycles. The first-order chi connectivity index (χ1) is 9.71. The summed E-state index contributed by atoms with van der Waals surface area (Å²) in [6, 6.07) is 3.54. The maximum absolute atomic E-state index is 12.7. The fourth-order valence-electron chi connectivity index (χ4n) is 2.35. The first-order valence-corrected chi connectivity index (χ1v) is 7.85. The summed E-state index contributed by atoms with van der Waals surface area (Å²) in [5.74, 6) is 0. The molecule has 0 amide bonds. The van der Waals surface area contributed by atoms with Gasteiger partial charge in [-0.2, -0.15) is 4.31 Å². The maximum atomic E-state index is 12.7. The molecule has 9 heteroatoms. The van der Waals surface area contributed by atoms with Gasteiger partial charge in [-0.05, 0) is 26.0 Å². The Morgan fingerprint density at radius 3 is 2.43 bits per heavy atom. The van der Waals surface area contributed by atoms with Crippen LogP contribution in [0.4, 0.5) is 11.4 Å². The Labute approximate surface area is 122 Å². The summed E-state index contributed by atoms with van der Waals surface area (Å²) in [4.78, 5) is 9.94. The van der Waals surface area contributed by atoms with E-state index in [4.69, 9.17) is 10.5 Å². The Bertz CT molecular complexity index is 651. The number of hydrogen-bond acceptors (Lipinski definition) is 6. The number of ether oxygens (including phenoxy) is 1. The van der Waals surface area contributed by atoms with Gasteiger partial charge in [0, 0.05) is 24.8 Å². The molecule has 1 aromatic carbocycles. The van der Waals surface area contributed by atoms with Gasteiger partial charge in [-0.25, -0.2) is 8.42 Å². The van der Waals surface area contributed by atoms with Gasteiger partial charge in [0.2, 0.25) is 10.0 Å². The molecule has 2 atom stereocenters. The number of nitro groups is 1. The number of nitrogen functional groups attached to an aromatic ring is 1. The molecular formula is C12H17N3O5S. The Morgan fingerprint density at radius 1 is 1.33 bits per heavy atom. The number of nitrogens with zero attached hydrogens (tertiary/aromatic N) is 2. The zero-order valence-electron chi connectivity index (χ0n) is 11.7. The number of hydrogen-bond donors (Lipinski definition) is 1. The minimum Gasteiger partial charge on any atom is -0.399 e. The van der Waals surface area contributed by atoms with Gasteiger partial charge >= 0.3 is 0 Å². The van der Waals surface area contributed by atoms with Crippen molar-refractivity contribution in [1.82, 2.24) is 4.31 Å². The van der Waals surface area contributed by atoms with Gasteiger partial charge < -0.3 is 10.5 Å². The van der Waals surface area contributed by atoms with Crippen molar-refractivity contribution in [2.75, 3.05) is 18.8 Å². The number of nitrogens with two attached hydrogens (primary N) is 1.